The van der Waals surface area contributed by atoms with E-state index < -0.39 is 9.84 Å². The Morgan fingerprint density at radius 2 is 1.88 bits per heavy atom. The van der Waals surface area contributed by atoms with Crippen LogP contribution in [0.2, 0.25) is 0 Å². The quantitative estimate of drug-likeness (QED) is 0.686. The number of nitrogens with zero attached hydrogens (tertiary/aromatic N) is 2. The Labute approximate surface area is 189 Å². The van der Waals surface area contributed by atoms with Crippen molar-refractivity contribution in [3.63, 3.8) is 0 Å². The molecule has 2 aromatic rings. The van der Waals surface area contributed by atoms with E-state index in [1.54, 1.807) is 35.4 Å². The number of ether oxygens (including phenoxy) is 2. The third-order valence-electron chi connectivity index (χ3n) is 6.36. The number of hydrogen-bond acceptors (Lipinski definition) is 6. The first-order chi connectivity index (χ1) is 15.0. The maximum Gasteiger partial charge on any atom is 0.410 e. The first-order valence-corrected chi connectivity index (χ1v) is 12.9. The fourth-order valence-corrected chi connectivity index (χ4v) is 5.22. The zero-order chi connectivity index (χ0) is 23.1. The number of aromatic nitrogens is 1. The van der Waals surface area contributed by atoms with E-state index in [-0.39, 0.29) is 17.8 Å². The number of piperidine rings is 1. The first kappa shape index (κ1) is 22.6. The highest BCUT2D eigenvalue weighted by Gasteiger charge is 2.44. The minimum Gasteiger partial charge on any atom is -0.485 e. The summed E-state index contributed by atoms with van der Waals surface area (Å²) in [6.45, 7) is 7.19. The van der Waals surface area contributed by atoms with E-state index in [0.717, 1.165) is 41.8 Å². The van der Waals surface area contributed by atoms with Crippen LogP contribution in [0.3, 0.4) is 0 Å². The third kappa shape index (κ3) is 4.60. The highest BCUT2D eigenvalue weighted by Crippen LogP contribution is 2.43. The Bertz CT molecular complexity index is 1110. The van der Waals surface area contributed by atoms with Gasteiger partial charge in [-0.15, -0.1) is 0 Å². The molecule has 0 aliphatic carbocycles. The summed E-state index contributed by atoms with van der Waals surface area (Å²) in [6, 6.07) is 8.82. The summed E-state index contributed by atoms with van der Waals surface area (Å²) in [7, 11) is -3.23. The van der Waals surface area contributed by atoms with E-state index in [2.05, 4.69) is 11.9 Å². The largest absolute Gasteiger partial charge is 0.485 e. The topological polar surface area (TPSA) is 85.8 Å². The van der Waals surface area contributed by atoms with E-state index >= 15 is 0 Å². The second-order valence-electron chi connectivity index (χ2n) is 9.26. The number of amides is 1. The molecule has 1 unspecified atom stereocenters. The molecule has 1 amide bonds. The fourth-order valence-electron chi connectivity index (χ4n) is 4.59. The van der Waals surface area contributed by atoms with Crippen LogP contribution in [-0.4, -0.2) is 55.4 Å². The molecule has 1 fully saturated rings. The monoisotopic (exact) mass is 458 g/mol. The molecule has 32 heavy (non-hydrogen) atoms. The maximum atomic E-state index is 12.2. The van der Waals surface area contributed by atoms with Crippen LogP contribution in [0.25, 0.3) is 11.3 Å². The second kappa shape index (κ2) is 8.39. The molecule has 8 heteroatoms. The van der Waals surface area contributed by atoms with Crippen molar-refractivity contribution >= 4 is 15.9 Å². The van der Waals surface area contributed by atoms with Gasteiger partial charge in [0.05, 0.1) is 22.9 Å². The molecule has 172 valence electrons. The van der Waals surface area contributed by atoms with Gasteiger partial charge in [0.15, 0.2) is 9.84 Å². The summed E-state index contributed by atoms with van der Waals surface area (Å²) in [5.41, 5.74) is 2.43. The van der Waals surface area contributed by atoms with Gasteiger partial charge in [-0.2, -0.15) is 0 Å². The van der Waals surface area contributed by atoms with Crippen molar-refractivity contribution in [2.24, 2.45) is 5.92 Å². The van der Waals surface area contributed by atoms with Crippen LogP contribution >= 0.6 is 0 Å². The number of rotatable bonds is 4. The second-order valence-corrected chi connectivity index (χ2v) is 11.3. The number of pyridine rings is 1. The zero-order valence-electron chi connectivity index (χ0n) is 19.0. The molecule has 7 nitrogen and oxygen atoms in total. The minimum atomic E-state index is -3.23. The Morgan fingerprint density at radius 3 is 2.47 bits per heavy atom. The molecular formula is C24H30N2O5S. The number of hydrogen-bond donors (Lipinski definition) is 0. The van der Waals surface area contributed by atoms with Crippen LogP contribution < -0.4 is 4.74 Å². The van der Waals surface area contributed by atoms with Crippen molar-refractivity contribution in [1.82, 2.24) is 9.88 Å². The SMILES string of the molecule is CC(C)OC(=O)N1CCC(C2(C)Cc3cc(-c4ccc(S(C)(=O)=O)cc4)ncc3O2)CC1. The van der Waals surface area contributed by atoms with E-state index in [1.165, 1.54) is 6.26 Å². The molecule has 2 aliphatic rings. The summed E-state index contributed by atoms with van der Waals surface area (Å²) in [4.78, 5) is 18.8. The number of fused-ring (bicyclic) bond motifs is 1. The van der Waals surface area contributed by atoms with Crippen molar-refractivity contribution in [1.29, 1.82) is 0 Å². The van der Waals surface area contributed by atoms with Crippen molar-refractivity contribution in [3.05, 3.63) is 42.1 Å². The van der Waals surface area contributed by atoms with Gasteiger partial charge in [0.2, 0.25) is 0 Å². The van der Waals surface area contributed by atoms with Crippen LogP contribution in [0.5, 0.6) is 5.75 Å². The normalized spacial score (nSPS) is 21.3. The number of benzene rings is 1. The molecule has 1 aromatic carbocycles. The lowest BCUT2D eigenvalue weighted by atomic mass is 9.79. The van der Waals surface area contributed by atoms with Gasteiger partial charge in [0, 0.05) is 42.8 Å². The highest BCUT2D eigenvalue weighted by atomic mass is 32.2. The van der Waals surface area contributed by atoms with E-state index in [4.69, 9.17) is 9.47 Å². The van der Waals surface area contributed by atoms with E-state index in [0.29, 0.717) is 23.9 Å². The van der Waals surface area contributed by atoms with Crippen LogP contribution in [0.15, 0.2) is 41.4 Å². The summed E-state index contributed by atoms with van der Waals surface area (Å²) in [6.07, 6.45) is 5.11. The average molecular weight is 459 g/mol. The number of carbonyl (C=O) groups excluding carboxylic acids is 1. The molecule has 2 aliphatic heterocycles. The summed E-state index contributed by atoms with van der Waals surface area (Å²) in [5.74, 6) is 1.13. The molecule has 0 saturated carbocycles. The molecule has 0 N–H and O–H groups in total. The van der Waals surface area contributed by atoms with Crippen LogP contribution in [-0.2, 0) is 21.0 Å². The van der Waals surface area contributed by atoms with Gasteiger partial charge in [0.1, 0.15) is 11.4 Å². The van der Waals surface area contributed by atoms with Gasteiger partial charge >= 0.3 is 6.09 Å². The minimum absolute atomic E-state index is 0.116. The van der Waals surface area contributed by atoms with Crippen molar-refractivity contribution < 1.29 is 22.7 Å². The first-order valence-electron chi connectivity index (χ1n) is 11.0. The molecule has 0 bridgehead atoms. The van der Waals surface area contributed by atoms with Gasteiger partial charge in [0.25, 0.3) is 0 Å². The molecular weight excluding hydrogens is 428 g/mol. The van der Waals surface area contributed by atoms with Gasteiger partial charge in [-0.3, -0.25) is 4.98 Å². The number of carbonyl (C=O) groups is 1. The molecule has 1 atom stereocenters. The Balaban J connectivity index is 1.44. The summed E-state index contributed by atoms with van der Waals surface area (Å²) in [5, 5.41) is 0. The van der Waals surface area contributed by atoms with E-state index in [9.17, 15) is 13.2 Å². The van der Waals surface area contributed by atoms with Crippen LogP contribution in [0, 0.1) is 5.92 Å². The van der Waals surface area contributed by atoms with Crippen LogP contribution in [0.1, 0.15) is 39.2 Å². The molecule has 1 aromatic heterocycles. The van der Waals surface area contributed by atoms with Crippen molar-refractivity contribution in [3.8, 4) is 17.0 Å². The lowest BCUT2D eigenvalue weighted by Crippen LogP contribution is -2.48. The maximum absolute atomic E-state index is 12.2. The number of sulfone groups is 1. The fraction of sp³-hybridized carbons (Fsp3) is 0.500. The standard InChI is InChI=1S/C24H30N2O5S/c1-16(2)30-23(27)26-11-9-19(10-12-26)24(3)14-18-13-21(25-15-22(18)31-24)17-5-7-20(8-6-17)32(4,28)29/h5-8,13,15-16,19H,9-12,14H2,1-4H3. The van der Waals surface area contributed by atoms with Gasteiger partial charge in [-0.05, 0) is 51.8 Å². The molecule has 1 saturated heterocycles. The smallest absolute Gasteiger partial charge is 0.410 e. The van der Waals surface area contributed by atoms with Crippen molar-refractivity contribution in [2.75, 3.05) is 19.3 Å². The predicted octanol–water partition coefficient (Wildman–Crippen LogP) is 4.10. The van der Waals surface area contributed by atoms with Gasteiger partial charge < -0.3 is 14.4 Å². The highest BCUT2D eigenvalue weighted by molar-refractivity contribution is 7.90. The van der Waals surface area contributed by atoms with E-state index in [1.807, 2.05) is 19.9 Å². The summed E-state index contributed by atoms with van der Waals surface area (Å²) >= 11 is 0. The summed E-state index contributed by atoms with van der Waals surface area (Å²) < 4.78 is 35.1. The molecule has 4 rings (SSSR count). The lowest BCUT2D eigenvalue weighted by Gasteiger charge is -2.39. The van der Waals surface area contributed by atoms with Crippen molar-refractivity contribution in [2.45, 2.75) is 56.6 Å². The third-order valence-corrected chi connectivity index (χ3v) is 7.49. The Hall–Kier alpha value is -2.61. The molecule has 3 heterocycles. The molecule has 0 spiro atoms. The Morgan fingerprint density at radius 1 is 1.22 bits per heavy atom. The van der Waals surface area contributed by atoms with Gasteiger partial charge in [-0.1, -0.05) is 12.1 Å². The average Bonchev–Trinajstić information content (AvgIpc) is 3.09. The van der Waals surface area contributed by atoms with Gasteiger partial charge in [-0.25, -0.2) is 13.2 Å². The Kier molecular flexibility index (Phi) is 5.92. The number of likely N-dealkylation sites (tertiary alicyclic amines) is 1. The zero-order valence-corrected chi connectivity index (χ0v) is 19.8. The lowest BCUT2D eigenvalue weighted by molar-refractivity contribution is 0.00552. The van der Waals surface area contributed by atoms with Crippen LogP contribution in [0.4, 0.5) is 4.79 Å². The predicted molar refractivity (Wildman–Crippen MR) is 121 cm³/mol. The molecule has 0 radical (unpaired) electrons.